The first-order valence-corrected chi connectivity index (χ1v) is 5.32. The van der Waals surface area contributed by atoms with E-state index in [2.05, 4.69) is 6.92 Å². The molecule has 3 nitrogen and oxygen atoms in total. The first-order valence-electron chi connectivity index (χ1n) is 4.17. The van der Waals surface area contributed by atoms with Crippen LogP contribution in [0, 0.1) is 0 Å². The van der Waals surface area contributed by atoms with Crippen molar-refractivity contribution in [2.45, 2.75) is 32.3 Å². The molecule has 0 fully saturated rings. The number of aliphatic hydroxyl groups is 1. The third-order valence-electron chi connectivity index (χ3n) is 1.46. The number of hydrogen-bond acceptors (Lipinski definition) is 3. The number of unbranched alkanes of at least 4 members (excludes halogenated alkanes) is 1. The van der Waals surface area contributed by atoms with Crippen molar-refractivity contribution in [1.82, 2.24) is 0 Å². The Morgan fingerprint density at radius 2 is 2.17 bits per heavy atom. The molecule has 0 bridgehead atoms. The number of carbonyl (C=O) groups is 1. The summed E-state index contributed by atoms with van der Waals surface area (Å²) in [4.78, 5) is 10.2. The van der Waals surface area contributed by atoms with E-state index in [1.165, 1.54) is 0 Å². The van der Waals surface area contributed by atoms with Gasteiger partial charge in [0.25, 0.3) is 0 Å². The molecule has 4 heteroatoms. The molecule has 0 saturated carbocycles. The summed E-state index contributed by atoms with van der Waals surface area (Å²) in [7, 11) is 0. The fourth-order valence-corrected chi connectivity index (χ4v) is 1.75. The molecule has 0 radical (unpaired) electrons. The van der Waals surface area contributed by atoms with Crippen LogP contribution >= 0.6 is 11.8 Å². The summed E-state index contributed by atoms with van der Waals surface area (Å²) >= 11 is 1.70. The number of thioether (sulfide) groups is 1. The Hall–Kier alpha value is -0.220. The summed E-state index contributed by atoms with van der Waals surface area (Å²) in [5, 5.41) is 17.2. The molecule has 0 heterocycles. The molecule has 1 atom stereocenters. The summed E-state index contributed by atoms with van der Waals surface area (Å²) in [6.07, 6.45) is 1.49. The van der Waals surface area contributed by atoms with Crippen LogP contribution in [0.1, 0.15) is 26.2 Å². The SMILES string of the molecule is CCCCSCCC(O)C(=O)O. The van der Waals surface area contributed by atoms with E-state index < -0.39 is 12.1 Å². The van der Waals surface area contributed by atoms with E-state index in [1.807, 2.05) is 0 Å². The van der Waals surface area contributed by atoms with Crippen LogP contribution in [-0.2, 0) is 4.79 Å². The molecule has 0 saturated heterocycles. The predicted molar refractivity (Wildman–Crippen MR) is 50.5 cm³/mol. The van der Waals surface area contributed by atoms with E-state index in [1.54, 1.807) is 11.8 Å². The third-order valence-corrected chi connectivity index (χ3v) is 2.56. The number of aliphatic hydroxyl groups excluding tert-OH is 1. The molecule has 2 N–H and O–H groups in total. The molecular weight excluding hydrogens is 176 g/mol. The smallest absolute Gasteiger partial charge is 0.332 e. The zero-order valence-electron chi connectivity index (χ0n) is 7.32. The molecule has 72 valence electrons. The van der Waals surface area contributed by atoms with Gasteiger partial charge in [0.1, 0.15) is 0 Å². The molecule has 0 amide bonds. The molecule has 0 aliphatic carbocycles. The topological polar surface area (TPSA) is 57.5 Å². The van der Waals surface area contributed by atoms with Crippen molar-refractivity contribution in [2.24, 2.45) is 0 Å². The zero-order valence-corrected chi connectivity index (χ0v) is 8.14. The quantitative estimate of drug-likeness (QED) is 0.598. The molecule has 0 spiro atoms. The Labute approximate surface area is 77.2 Å². The van der Waals surface area contributed by atoms with Gasteiger partial charge >= 0.3 is 5.97 Å². The van der Waals surface area contributed by atoms with E-state index >= 15 is 0 Å². The van der Waals surface area contributed by atoms with Crippen molar-refractivity contribution in [3.63, 3.8) is 0 Å². The minimum absolute atomic E-state index is 0.351. The Morgan fingerprint density at radius 1 is 1.50 bits per heavy atom. The lowest BCUT2D eigenvalue weighted by atomic mass is 10.3. The van der Waals surface area contributed by atoms with Gasteiger partial charge in [0.15, 0.2) is 6.10 Å². The average Bonchev–Trinajstić information content (AvgIpc) is 2.03. The lowest BCUT2D eigenvalue weighted by molar-refractivity contribution is -0.146. The summed E-state index contributed by atoms with van der Waals surface area (Å²) in [6, 6.07) is 0. The van der Waals surface area contributed by atoms with Crippen LogP contribution in [0.25, 0.3) is 0 Å². The van der Waals surface area contributed by atoms with Gasteiger partial charge in [0.2, 0.25) is 0 Å². The summed E-state index contributed by atoms with van der Waals surface area (Å²) < 4.78 is 0. The molecule has 0 aromatic carbocycles. The summed E-state index contributed by atoms with van der Waals surface area (Å²) in [6.45, 7) is 2.12. The van der Waals surface area contributed by atoms with Crippen LogP contribution in [-0.4, -0.2) is 33.8 Å². The molecule has 0 aliphatic rings. The molecule has 12 heavy (non-hydrogen) atoms. The average molecular weight is 192 g/mol. The highest BCUT2D eigenvalue weighted by Crippen LogP contribution is 2.07. The minimum atomic E-state index is -1.18. The lowest BCUT2D eigenvalue weighted by Crippen LogP contribution is -2.19. The van der Waals surface area contributed by atoms with E-state index in [0.29, 0.717) is 6.42 Å². The van der Waals surface area contributed by atoms with Crippen LogP contribution < -0.4 is 0 Å². The Kier molecular flexibility index (Phi) is 7.29. The monoisotopic (exact) mass is 192 g/mol. The number of rotatable bonds is 7. The second kappa shape index (κ2) is 7.43. The van der Waals surface area contributed by atoms with Gasteiger partial charge in [-0.2, -0.15) is 11.8 Å². The summed E-state index contributed by atoms with van der Waals surface area (Å²) in [5.41, 5.74) is 0. The van der Waals surface area contributed by atoms with Crippen LogP contribution in [0.3, 0.4) is 0 Å². The first kappa shape index (κ1) is 11.8. The Bertz CT molecular complexity index is 127. The van der Waals surface area contributed by atoms with Gasteiger partial charge in [0, 0.05) is 0 Å². The van der Waals surface area contributed by atoms with Gasteiger partial charge in [-0.15, -0.1) is 0 Å². The largest absolute Gasteiger partial charge is 0.479 e. The molecule has 1 unspecified atom stereocenters. The van der Waals surface area contributed by atoms with Crippen LogP contribution in [0.4, 0.5) is 0 Å². The van der Waals surface area contributed by atoms with Crippen LogP contribution in [0.5, 0.6) is 0 Å². The number of carboxylic acid groups (broad SMARTS) is 1. The zero-order chi connectivity index (χ0) is 9.40. The molecule has 0 aliphatic heterocycles. The normalized spacial score (nSPS) is 12.8. The van der Waals surface area contributed by atoms with Crippen molar-refractivity contribution in [3.8, 4) is 0 Å². The van der Waals surface area contributed by atoms with E-state index in [0.717, 1.165) is 24.3 Å². The van der Waals surface area contributed by atoms with Gasteiger partial charge in [-0.1, -0.05) is 13.3 Å². The van der Waals surface area contributed by atoms with Gasteiger partial charge in [0.05, 0.1) is 0 Å². The molecule has 0 rings (SSSR count). The maximum Gasteiger partial charge on any atom is 0.332 e. The van der Waals surface area contributed by atoms with Crippen molar-refractivity contribution in [3.05, 3.63) is 0 Å². The lowest BCUT2D eigenvalue weighted by Gasteiger charge is -2.03. The maximum atomic E-state index is 10.2. The number of carboxylic acids is 1. The summed E-state index contributed by atoms with van der Waals surface area (Å²) in [5.74, 6) is 0.669. The molecule has 0 aromatic heterocycles. The first-order chi connectivity index (χ1) is 5.68. The Balaban J connectivity index is 3.14. The van der Waals surface area contributed by atoms with Crippen molar-refractivity contribution in [2.75, 3.05) is 11.5 Å². The minimum Gasteiger partial charge on any atom is -0.479 e. The number of hydrogen-bond donors (Lipinski definition) is 2. The fraction of sp³-hybridized carbons (Fsp3) is 0.875. The van der Waals surface area contributed by atoms with Crippen molar-refractivity contribution >= 4 is 17.7 Å². The van der Waals surface area contributed by atoms with E-state index in [-0.39, 0.29) is 0 Å². The Morgan fingerprint density at radius 3 is 2.67 bits per heavy atom. The highest BCUT2D eigenvalue weighted by molar-refractivity contribution is 7.99. The second-order valence-electron chi connectivity index (χ2n) is 2.61. The third kappa shape index (κ3) is 6.49. The van der Waals surface area contributed by atoms with Crippen LogP contribution in [0.2, 0.25) is 0 Å². The van der Waals surface area contributed by atoms with E-state index in [9.17, 15) is 4.79 Å². The second-order valence-corrected chi connectivity index (χ2v) is 3.83. The van der Waals surface area contributed by atoms with Crippen molar-refractivity contribution in [1.29, 1.82) is 0 Å². The standard InChI is InChI=1S/C8H16O3S/c1-2-3-5-12-6-4-7(9)8(10)11/h7,9H,2-6H2,1H3,(H,10,11). The fourth-order valence-electron chi connectivity index (χ4n) is 0.667. The van der Waals surface area contributed by atoms with Crippen LogP contribution in [0.15, 0.2) is 0 Å². The van der Waals surface area contributed by atoms with Gasteiger partial charge in [-0.25, -0.2) is 4.79 Å². The van der Waals surface area contributed by atoms with Crippen molar-refractivity contribution < 1.29 is 15.0 Å². The molecular formula is C8H16O3S. The maximum absolute atomic E-state index is 10.2. The van der Waals surface area contributed by atoms with Gasteiger partial charge in [-0.05, 0) is 24.3 Å². The van der Waals surface area contributed by atoms with E-state index in [4.69, 9.17) is 10.2 Å². The molecule has 0 aromatic rings. The predicted octanol–water partition coefficient (Wildman–Crippen LogP) is 1.36. The highest BCUT2D eigenvalue weighted by atomic mass is 32.2. The van der Waals surface area contributed by atoms with Gasteiger partial charge in [-0.3, -0.25) is 0 Å². The van der Waals surface area contributed by atoms with Gasteiger partial charge < -0.3 is 10.2 Å². The number of aliphatic carboxylic acids is 1. The highest BCUT2D eigenvalue weighted by Gasteiger charge is 2.11.